The molecule has 1 amide bonds. The highest BCUT2D eigenvalue weighted by Gasteiger charge is 2.16. The first-order chi connectivity index (χ1) is 13.3. The maximum absolute atomic E-state index is 13.0. The summed E-state index contributed by atoms with van der Waals surface area (Å²) in [5, 5.41) is 3.83. The van der Waals surface area contributed by atoms with Crippen LogP contribution in [0.5, 0.6) is 5.75 Å². The maximum Gasteiger partial charge on any atom is 0.256 e. The van der Waals surface area contributed by atoms with Gasteiger partial charge in [0.25, 0.3) is 5.91 Å². The molecule has 0 aliphatic carbocycles. The number of fused-ring (bicyclic) bond motifs is 1. The predicted molar refractivity (Wildman–Crippen MR) is 106 cm³/mol. The molecule has 0 unspecified atom stereocenters. The average molecular weight is 355 g/mol. The van der Waals surface area contributed by atoms with E-state index < -0.39 is 0 Å². The average Bonchev–Trinajstić information content (AvgIpc) is 2.73. The summed E-state index contributed by atoms with van der Waals surface area (Å²) in [4.78, 5) is 21.8. The molecule has 4 rings (SSSR count). The Kier molecular flexibility index (Phi) is 4.49. The van der Waals surface area contributed by atoms with Crippen LogP contribution in [0.2, 0.25) is 0 Å². The van der Waals surface area contributed by atoms with E-state index >= 15 is 0 Å². The van der Waals surface area contributed by atoms with Gasteiger partial charge in [0.1, 0.15) is 12.1 Å². The van der Waals surface area contributed by atoms with E-state index in [1.807, 2.05) is 54.6 Å². The lowest BCUT2D eigenvalue weighted by Gasteiger charge is -2.13. The fraction of sp³-hybridized carbons (Fsp3) is 0.0455. The van der Waals surface area contributed by atoms with Crippen molar-refractivity contribution in [2.45, 2.75) is 0 Å². The zero-order valence-corrected chi connectivity index (χ0v) is 14.7. The van der Waals surface area contributed by atoms with E-state index in [1.54, 1.807) is 25.3 Å². The molecule has 0 spiro atoms. The first-order valence-electron chi connectivity index (χ1n) is 8.51. The second-order valence-electron chi connectivity index (χ2n) is 5.94. The second kappa shape index (κ2) is 7.25. The van der Waals surface area contributed by atoms with Gasteiger partial charge in [-0.1, -0.05) is 48.5 Å². The van der Waals surface area contributed by atoms with Crippen molar-refractivity contribution in [3.8, 4) is 17.0 Å². The van der Waals surface area contributed by atoms with Gasteiger partial charge in [0.05, 0.1) is 24.0 Å². The number of aromatic nitrogens is 2. The Morgan fingerprint density at radius 3 is 2.52 bits per heavy atom. The Labute approximate surface area is 156 Å². The van der Waals surface area contributed by atoms with Crippen LogP contribution in [0.1, 0.15) is 10.4 Å². The van der Waals surface area contributed by atoms with Crippen LogP contribution in [-0.4, -0.2) is 23.0 Å². The van der Waals surface area contributed by atoms with Gasteiger partial charge in [0.15, 0.2) is 0 Å². The van der Waals surface area contributed by atoms with Crippen LogP contribution in [0.25, 0.3) is 22.2 Å². The Bertz CT molecular complexity index is 1120. The lowest BCUT2D eigenvalue weighted by Crippen LogP contribution is -2.14. The van der Waals surface area contributed by atoms with Crippen LogP contribution in [0, 0.1) is 0 Å². The molecular weight excluding hydrogens is 338 g/mol. The zero-order chi connectivity index (χ0) is 18.6. The molecule has 0 fully saturated rings. The van der Waals surface area contributed by atoms with Gasteiger partial charge in [0.2, 0.25) is 0 Å². The van der Waals surface area contributed by atoms with Crippen LogP contribution < -0.4 is 10.1 Å². The number of ether oxygens (including phenoxy) is 1. The summed E-state index contributed by atoms with van der Waals surface area (Å²) in [6.45, 7) is 0. The Balaban J connectivity index is 1.78. The molecule has 0 saturated heterocycles. The Morgan fingerprint density at radius 1 is 0.889 bits per heavy atom. The number of carbonyl (C=O) groups excluding carboxylic acids is 1. The summed E-state index contributed by atoms with van der Waals surface area (Å²) >= 11 is 0. The van der Waals surface area contributed by atoms with E-state index in [2.05, 4.69) is 15.3 Å². The van der Waals surface area contributed by atoms with Gasteiger partial charge in [-0.15, -0.1) is 0 Å². The highest BCUT2D eigenvalue weighted by Crippen LogP contribution is 2.29. The molecule has 132 valence electrons. The van der Waals surface area contributed by atoms with Gasteiger partial charge < -0.3 is 10.1 Å². The lowest BCUT2D eigenvalue weighted by molar-refractivity contribution is 0.102. The van der Waals surface area contributed by atoms with Crippen molar-refractivity contribution >= 4 is 22.5 Å². The molecule has 0 saturated carbocycles. The van der Waals surface area contributed by atoms with E-state index in [9.17, 15) is 4.79 Å². The summed E-state index contributed by atoms with van der Waals surface area (Å²) in [6, 6.07) is 22.5. The highest BCUT2D eigenvalue weighted by molar-refractivity contribution is 6.10. The van der Waals surface area contributed by atoms with E-state index in [-0.39, 0.29) is 5.91 Å². The lowest BCUT2D eigenvalue weighted by atomic mass is 10.0. The molecule has 1 N–H and O–H groups in total. The largest absolute Gasteiger partial charge is 0.495 e. The van der Waals surface area contributed by atoms with Crippen molar-refractivity contribution in [2.75, 3.05) is 12.4 Å². The van der Waals surface area contributed by atoms with Crippen molar-refractivity contribution in [2.24, 2.45) is 0 Å². The maximum atomic E-state index is 13.0. The Morgan fingerprint density at radius 2 is 1.63 bits per heavy atom. The molecule has 1 heterocycles. The van der Waals surface area contributed by atoms with E-state index in [0.717, 1.165) is 22.2 Å². The van der Waals surface area contributed by atoms with Crippen LogP contribution >= 0.6 is 0 Å². The molecule has 5 nitrogen and oxygen atoms in total. The van der Waals surface area contributed by atoms with Gasteiger partial charge in [-0.05, 0) is 24.3 Å². The van der Waals surface area contributed by atoms with Gasteiger partial charge in [-0.3, -0.25) is 4.79 Å². The van der Waals surface area contributed by atoms with Crippen molar-refractivity contribution < 1.29 is 9.53 Å². The zero-order valence-electron chi connectivity index (χ0n) is 14.7. The quantitative estimate of drug-likeness (QED) is 0.583. The number of carbonyl (C=O) groups is 1. The van der Waals surface area contributed by atoms with Gasteiger partial charge in [-0.25, -0.2) is 9.97 Å². The number of benzene rings is 3. The van der Waals surface area contributed by atoms with Crippen molar-refractivity contribution in [3.05, 3.63) is 84.7 Å². The summed E-state index contributed by atoms with van der Waals surface area (Å²) in [5.41, 5.74) is 3.47. The van der Waals surface area contributed by atoms with Crippen LogP contribution in [0.4, 0.5) is 5.69 Å². The molecule has 4 aromatic rings. The first kappa shape index (κ1) is 16.7. The first-order valence-corrected chi connectivity index (χ1v) is 8.51. The minimum absolute atomic E-state index is 0.224. The second-order valence-corrected chi connectivity index (χ2v) is 5.94. The minimum Gasteiger partial charge on any atom is -0.495 e. The fourth-order valence-corrected chi connectivity index (χ4v) is 3.04. The number of nitrogens with zero attached hydrogens (tertiary/aromatic N) is 2. The highest BCUT2D eigenvalue weighted by atomic mass is 16.5. The smallest absolute Gasteiger partial charge is 0.256 e. The third-order valence-electron chi connectivity index (χ3n) is 4.32. The monoisotopic (exact) mass is 355 g/mol. The van der Waals surface area contributed by atoms with Crippen LogP contribution in [0.15, 0.2) is 79.1 Å². The number of anilines is 1. The van der Waals surface area contributed by atoms with E-state index in [4.69, 9.17) is 4.74 Å². The molecule has 0 aliphatic rings. The summed E-state index contributed by atoms with van der Waals surface area (Å²) in [5.74, 6) is 0.383. The number of para-hydroxylation sites is 3. The normalized spacial score (nSPS) is 10.6. The van der Waals surface area contributed by atoms with Gasteiger partial charge in [-0.2, -0.15) is 0 Å². The molecule has 0 bridgehead atoms. The molecule has 5 heteroatoms. The van der Waals surface area contributed by atoms with Crippen molar-refractivity contribution in [3.63, 3.8) is 0 Å². The van der Waals surface area contributed by atoms with Crippen LogP contribution in [0.3, 0.4) is 0 Å². The third kappa shape index (κ3) is 3.22. The molecule has 27 heavy (non-hydrogen) atoms. The van der Waals surface area contributed by atoms with Gasteiger partial charge in [0, 0.05) is 16.5 Å². The fourth-order valence-electron chi connectivity index (χ4n) is 3.04. The van der Waals surface area contributed by atoms with Crippen molar-refractivity contribution in [1.82, 2.24) is 9.97 Å². The number of hydrogen-bond acceptors (Lipinski definition) is 4. The predicted octanol–water partition coefficient (Wildman–Crippen LogP) is 4.56. The molecule has 0 atom stereocenters. The molecule has 0 aliphatic heterocycles. The minimum atomic E-state index is -0.224. The van der Waals surface area contributed by atoms with Crippen molar-refractivity contribution in [1.29, 1.82) is 0 Å². The topological polar surface area (TPSA) is 64.1 Å². The molecular formula is C22H17N3O2. The standard InChI is InChI=1S/C22H17N3O2/c1-27-20-13-7-6-12-19(20)25-22(26)16-9-3-2-8-15(16)21-17-10-4-5-11-18(17)23-14-24-21/h2-14H,1H3,(H,25,26). The number of amides is 1. The molecule has 3 aromatic carbocycles. The number of rotatable bonds is 4. The number of nitrogens with one attached hydrogen (secondary N) is 1. The third-order valence-corrected chi connectivity index (χ3v) is 4.32. The molecule has 1 aromatic heterocycles. The van der Waals surface area contributed by atoms with Crippen LogP contribution in [-0.2, 0) is 0 Å². The van der Waals surface area contributed by atoms with E-state index in [1.165, 1.54) is 6.33 Å². The number of hydrogen-bond donors (Lipinski definition) is 1. The summed E-state index contributed by atoms with van der Waals surface area (Å²) < 4.78 is 5.32. The molecule has 0 radical (unpaired) electrons. The SMILES string of the molecule is COc1ccccc1NC(=O)c1ccccc1-c1ncnc2ccccc12. The Hall–Kier alpha value is -3.73. The summed E-state index contributed by atoms with van der Waals surface area (Å²) in [7, 11) is 1.58. The number of methoxy groups -OCH3 is 1. The summed E-state index contributed by atoms with van der Waals surface area (Å²) in [6.07, 6.45) is 1.52. The van der Waals surface area contributed by atoms with Gasteiger partial charge >= 0.3 is 0 Å². The van der Waals surface area contributed by atoms with E-state index in [0.29, 0.717) is 17.0 Å².